The maximum Gasteiger partial charge on any atom is 0.308 e. The van der Waals surface area contributed by atoms with Crippen molar-refractivity contribution in [1.29, 1.82) is 0 Å². The van der Waals surface area contributed by atoms with E-state index >= 15 is 0 Å². The number of esters is 1. The Kier molecular flexibility index (Phi) is 7.28. The van der Waals surface area contributed by atoms with Crippen molar-refractivity contribution >= 4 is 23.2 Å². The van der Waals surface area contributed by atoms with Crippen LogP contribution in [0.5, 0.6) is 11.5 Å². The molecule has 1 N–H and O–H groups in total. The Bertz CT molecular complexity index is 669. The van der Waals surface area contributed by atoms with Crippen molar-refractivity contribution in [3.8, 4) is 11.5 Å². The second kappa shape index (κ2) is 9.68. The number of benzene rings is 1. The molecule has 0 saturated heterocycles. The lowest BCUT2D eigenvalue weighted by molar-refractivity contribution is -0.145. The number of hydrogen-bond donors (Lipinski definition) is 1. The highest BCUT2D eigenvalue weighted by Gasteiger charge is 2.18. The molecule has 0 aliphatic heterocycles. The quantitative estimate of drug-likeness (QED) is 0.548. The first-order valence-electron chi connectivity index (χ1n) is 7.81. The summed E-state index contributed by atoms with van der Waals surface area (Å²) >= 11 is 1.49. The van der Waals surface area contributed by atoms with Gasteiger partial charge < -0.3 is 19.5 Å². The number of rotatable bonds is 9. The average Bonchev–Trinajstić information content (AvgIpc) is 3.13. The molecule has 0 saturated carbocycles. The Balaban J connectivity index is 1.74. The number of methoxy groups -OCH3 is 1. The van der Waals surface area contributed by atoms with Gasteiger partial charge in [0.2, 0.25) is 5.91 Å². The molecule has 2 rings (SSSR count). The van der Waals surface area contributed by atoms with Gasteiger partial charge in [-0.25, -0.2) is 0 Å². The first-order valence-corrected chi connectivity index (χ1v) is 8.69. The largest absolute Gasteiger partial charge is 0.497 e. The van der Waals surface area contributed by atoms with Crippen molar-refractivity contribution < 1.29 is 23.8 Å². The zero-order valence-corrected chi connectivity index (χ0v) is 15.0. The van der Waals surface area contributed by atoms with Gasteiger partial charge in [0.25, 0.3) is 0 Å². The fourth-order valence-electron chi connectivity index (χ4n) is 2.17. The molecule has 6 nitrogen and oxygen atoms in total. The molecule has 0 radical (unpaired) electrons. The molecule has 1 unspecified atom stereocenters. The van der Waals surface area contributed by atoms with Crippen LogP contribution in [0.1, 0.15) is 24.3 Å². The standard InChI is InChI=1S/C18H21NO5S/c1-13(20)19-16(17-4-3-11-25-17)12-18(21)24-10-9-23-15-7-5-14(22-2)6-8-15/h3-8,11,16H,9-10,12H2,1-2H3,(H,19,20). The van der Waals surface area contributed by atoms with Crippen LogP contribution in [0.25, 0.3) is 0 Å². The first-order chi connectivity index (χ1) is 12.1. The van der Waals surface area contributed by atoms with E-state index in [4.69, 9.17) is 14.2 Å². The molecule has 0 spiro atoms. The SMILES string of the molecule is COc1ccc(OCCOC(=O)CC(NC(C)=O)c2cccs2)cc1. The lowest BCUT2D eigenvalue weighted by atomic mass is 10.1. The minimum absolute atomic E-state index is 0.0859. The van der Waals surface area contributed by atoms with Crippen molar-refractivity contribution in [3.63, 3.8) is 0 Å². The van der Waals surface area contributed by atoms with E-state index < -0.39 is 0 Å². The minimum atomic E-state index is -0.384. The fraction of sp³-hybridized carbons (Fsp3) is 0.333. The van der Waals surface area contributed by atoms with Gasteiger partial charge in [-0.3, -0.25) is 9.59 Å². The second-order valence-electron chi connectivity index (χ2n) is 5.22. The smallest absolute Gasteiger partial charge is 0.308 e. The van der Waals surface area contributed by atoms with E-state index in [-0.39, 0.29) is 37.6 Å². The summed E-state index contributed by atoms with van der Waals surface area (Å²) in [5.74, 6) is 0.849. The van der Waals surface area contributed by atoms with E-state index in [2.05, 4.69) is 5.32 Å². The molecule has 1 atom stereocenters. The monoisotopic (exact) mass is 363 g/mol. The number of hydrogen-bond acceptors (Lipinski definition) is 6. The van der Waals surface area contributed by atoms with Crippen LogP contribution in [0.4, 0.5) is 0 Å². The summed E-state index contributed by atoms with van der Waals surface area (Å²) in [6.45, 7) is 1.82. The summed E-state index contributed by atoms with van der Waals surface area (Å²) in [5.41, 5.74) is 0. The van der Waals surface area contributed by atoms with Crippen LogP contribution in [0.15, 0.2) is 41.8 Å². The van der Waals surface area contributed by atoms with E-state index in [0.717, 1.165) is 10.6 Å². The van der Waals surface area contributed by atoms with Crippen LogP contribution in [0.2, 0.25) is 0 Å². The highest BCUT2D eigenvalue weighted by molar-refractivity contribution is 7.10. The van der Waals surface area contributed by atoms with E-state index in [9.17, 15) is 9.59 Å². The molecule has 1 aromatic carbocycles. The molecule has 0 bridgehead atoms. The molecule has 2 aromatic rings. The van der Waals surface area contributed by atoms with Crippen LogP contribution < -0.4 is 14.8 Å². The van der Waals surface area contributed by atoms with Crippen LogP contribution in [-0.2, 0) is 14.3 Å². The summed E-state index contributed by atoms with van der Waals surface area (Å²) < 4.78 is 15.7. The molecule has 1 amide bonds. The summed E-state index contributed by atoms with van der Waals surface area (Å²) in [7, 11) is 1.60. The third-order valence-corrected chi connectivity index (χ3v) is 4.30. The van der Waals surface area contributed by atoms with E-state index in [1.807, 2.05) is 17.5 Å². The van der Waals surface area contributed by atoms with E-state index in [1.165, 1.54) is 18.3 Å². The molecular formula is C18H21NO5S. The van der Waals surface area contributed by atoms with Crippen LogP contribution in [-0.4, -0.2) is 32.2 Å². The van der Waals surface area contributed by atoms with Crippen molar-refractivity contribution in [2.45, 2.75) is 19.4 Å². The normalized spacial score (nSPS) is 11.4. The summed E-state index contributed by atoms with van der Waals surface area (Å²) in [4.78, 5) is 24.2. The predicted molar refractivity (Wildman–Crippen MR) is 94.9 cm³/mol. The third kappa shape index (κ3) is 6.46. The lowest BCUT2D eigenvalue weighted by Gasteiger charge is -2.15. The average molecular weight is 363 g/mol. The van der Waals surface area contributed by atoms with Gasteiger partial charge in [-0.05, 0) is 35.7 Å². The Morgan fingerprint density at radius 1 is 1.12 bits per heavy atom. The highest BCUT2D eigenvalue weighted by atomic mass is 32.1. The minimum Gasteiger partial charge on any atom is -0.497 e. The van der Waals surface area contributed by atoms with Crippen molar-refractivity contribution in [1.82, 2.24) is 5.32 Å². The number of thiophene rings is 1. The van der Waals surface area contributed by atoms with Crippen LogP contribution >= 0.6 is 11.3 Å². The number of nitrogens with one attached hydrogen (secondary N) is 1. The van der Waals surface area contributed by atoms with Gasteiger partial charge in [0.1, 0.15) is 24.7 Å². The molecule has 0 fully saturated rings. The lowest BCUT2D eigenvalue weighted by Crippen LogP contribution is -2.28. The molecule has 1 heterocycles. The first kappa shape index (κ1) is 18.8. The van der Waals surface area contributed by atoms with Crippen LogP contribution in [0.3, 0.4) is 0 Å². The molecule has 134 valence electrons. The van der Waals surface area contributed by atoms with Gasteiger partial charge in [0, 0.05) is 11.8 Å². The summed E-state index contributed by atoms with van der Waals surface area (Å²) in [5, 5.41) is 4.67. The maximum atomic E-state index is 12.0. The number of ether oxygens (including phenoxy) is 3. The van der Waals surface area contributed by atoms with Gasteiger partial charge in [-0.1, -0.05) is 6.07 Å². The topological polar surface area (TPSA) is 73.9 Å². The highest BCUT2D eigenvalue weighted by Crippen LogP contribution is 2.22. The summed E-state index contributed by atoms with van der Waals surface area (Å²) in [6, 6.07) is 10.5. The Hall–Kier alpha value is -2.54. The predicted octanol–water partition coefficient (Wildman–Crippen LogP) is 2.95. The number of amides is 1. The molecule has 1 aromatic heterocycles. The summed E-state index contributed by atoms with van der Waals surface area (Å²) in [6.07, 6.45) is 0.0859. The van der Waals surface area contributed by atoms with Gasteiger partial charge in [0.05, 0.1) is 19.6 Å². The van der Waals surface area contributed by atoms with Crippen LogP contribution in [0, 0.1) is 0 Å². The molecule has 7 heteroatoms. The second-order valence-corrected chi connectivity index (χ2v) is 6.20. The van der Waals surface area contributed by atoms with Gasteiger partial charge in [-0.2, -0.15) is 0 Å². The molecule has 0 aliphatic carbocycles. The Morgan fingerprint density at radius 3 is 2.44 bits per heavy atom. The zero-order valence-electron chi connectivity index (χ0n) is 14.2. The number of carbonyl (C=O) groups excluding carboxylic acids is 2. The van der Waals surface area contributed by atoms with Crippen molar-refractivity contribution in [2.75, 3.05) is 20.3 Å². The molecular weight excluding hydrogens is 342 g/mol. The fourth-order valence-corrected chi connectivity index (χ4v) is 2.95. The van der Waals surface area contributed by atoms with Crippen molar-refractivity contribution in [2.24, 2.45) is 0 Å². The van der Waals surface area contributed by atoms with E-state index in [1.54, 1.807) is 31.4 Å². The molecule has 25 heavy (non-hydrogen) atoms. The van der Waals surface area contributed by atoms with E-state index in [0.29, 0.717) is 5.75 Å². The van der Waals surface area contributed by atoms with Gasteiger partial charge in [-0.15, -0.1) is 11.3 Å². The zero-order chi connectivity index (χ0) is 18.1. The Labute approximate surface area is 150 Å². The Morgan fingerprint density at radius 2 is 1.84 bits per heavy atom. The maximum absolute atomic E-state index is 12.0. The van der Waals surface area contributed by atoms with Gasteiger partial charge in [0.15, 0.2) is 0 Å². The number of carbonyl (C=O) groups is 2. The van der Waals surface area contributed by atoms with Crippen molar-refractivity contribution in [3.05, 3.63) is 46.7 Å². The third-order valence-electron chi connectivity index (χ3n) is 3.31. The molecule has 0 aliphatic rings. The van der Waals surface area contributed by atoms with Gasteiger partial charge >= 0.3 is 5.97 Å².